The number of nitro benzene ring substituents is 2. The van der Waals surface area contributed by atoms with Crippen molar-refractivity contribution in [2.24, 2.45) is 0 Å². The number of esters is 2. The van der Waals surface area contributed by atoms with Gasteiger partial charge in [-0.1, -0.05) is 12.1 Å². The van der Waals surface area contributed by atoms with Crippen molar-refractivity contribution < 1.29 is 28.9 Å². The van der Waals surface area contributed by atoms with E-state index in [9.17, 15) is 29.8 Å². The number of benzene rings is 2. The van der Waals surface area contributed by atoms with Crippen LogP contribution in [-0.4, -0.2) is 21.8 Å². The van der Waals surface area contributed by atoms with Crippen LogP contribution in [0.4, 0.5) is 11.4 Å². The van der Waals surface area contributed by atoms with Crippen molar-refractivity contribution in [1.82, 2.24) is 0 Å². The molecule has 0 N–H and O–H groups in total. The Labute approximate surface area is 158 Å². The molecule has 0 aliphatic carbocycles. The molecule has 0 spiro atoms. The molecule has 0 fully saturated rings. The van der Waals surface area contributed by atoms with E-state index in [0.29, 0.717) is 23.3 Å². The molecule has 0 saturated carbocycles. The van der Waals surface area contributed by atoms with Gasteiger partial charge in [0, 0.05) is 24.3 Å². The zero-order chi connectivity index (χ0) is 20.8. The summed E-state index contributed by atoms with van der Waals surface area (Å²) in [6, 6.07) is 8.02. The van der Waals surface area contributed by atoms with Crippen molar-refractivity contribution in [1.29, 1.82) is 0 Å². The Kier molecular flexibility index (Phi) is 6.17. The predicted molar refractivity (Wildman–Crippen MR) is 96.1 cm³/mol. The second-order valence-electron chi connectivity index (χ2n) is 5.63. The molecule has 0 amide bonds. The Morgan fingerprint density at radius 3 is 1.46 bits per heavy atom. The van der Waals surface area contributed by atoms with Crippen LogP contribution < -0.4 is 9.47 Å². The third kappa shape index (κ3) is 5.21. The molecule has 2 rings (SSSR count). The maximum atomic E-state index is 11.8. The molecule has 0 radical (unpaired) electrons. The minimum atomic E-state index is -1.05. The lowest BCUT2D eigenvalue weighted by molar-refractivity contribution is -0.385. The van der Waals surface area contributed by atoms with E-state index in [2.05, 4.69) is 0 Å². The van der Waals surface area contributed by atoms with E-state index in [-0.39, 0.29) is 11.5 Å². The van der Waals surface area contributed by atoms with Gasteiger partial charge in [-0.2, -0.15) is 0 Å². The van der Waals surface area contributed by atoms with Crippen LogP contribution in [0.25, 0.3) is 0 Å². The number of nitro groups is 2. The molecule has 0 unspecified atom stereocenters. The number of carbonyl (C=O) groups excluding carboxylic acids is 2. The van der Waals surface area contributed by atoms with Crippen molar-refractivity contribution in [2.45, 2.75) is 13.8 Å². The Hall–Kier alpha value is -4.08. The number of aryl methyl sites for hydroxylation is 2. The fourth-order valence-electron chi connectivity index (χ4n) is 2.13. The first-order valence-electron chi connectivity index (χ1n) is 7.79. The van der Waals surface area contributed by atoms with Crippen molar-refractivity contribution in [3.8, 4) is 11.5 Å². The summed E-state index contributed by atoms with van der Waals surface area (Å²) < 4.78 is 9.71. The number of nitrogens with zero attached hydrogens (tertiary/aromatic N) is 2. The maximum absolute atomic E-state index is 11.8. The van der Waals surface area contributed by atoms with Crippen LogP contribution in [0.2, 0.25) is 0 Å². The first-order valence-corrected chi connectivity index (χ1v) is 7.79. The van der Waals surface area contributed by atoms with E-state index in [1.807, 2.05) is 0 Å². The van der Waals surface area contributed by atoms with Crippen LogP contribution in [0.5, 0.6) is 11.5 Å². The van der Waals surface area contributed by atoms with Gasteiger partial charge in [0.05, 0.1) is 9.85 Å². The average molecular weight is 386 g/mol. The van der Waals surface area contributed by atoms with E-state index in [1.165, 1.54) is 36.4 Å². The van der Waals surface area contributed by atoms with Crippen LogP contribution in [0.3, 0.4) is 0 Å². The predicted octanol–water partition coefficient (Wildman–Crippen LogP) is 3.19. The van der Waals surface area contributed by atoms with Gasteiger partial charge in [-0.15, -0.1) is 0 Å². The van der Waals surface area contributed by atoms with Gasteiger partial charge in [0.2, 0.25) is 11.5 Å². The molecular weight excluding hydrogens is 372 g/mol. The summed E-state index contributed by atoms with van der Waals surface area (Å²) in [4.78, 5) is 44.2. The Balaban J connectivity index is 2.08. The Morgan fingerprint density at radius 1 is 0.786 bits per heavy atom. The smallest absolute Gasteiger partial charge is 0.336 e. The molecule has 0 aliphatic rings. The van der Waals surface area contributed by atoms with Gasteiger partial charge >= 0.3 is 23.3 Å². The van der Waals surface area contributed by atoms with Gasteiger partial charge in [-0.25, -0.2) is 9.59 Å². The quantitative estimate of drug-likeness (QED) is 0.242. The highest BCUT2D eigenvalue weighted by Crippen LogP contribution is 2.29. The van der Waals surface area contributed by atoms with Crippen LogP contribution in [0.15, 0.2) is 48.6 Å². The van der Waals surface area contributed by atoms with Crippen molar-refractivity contribution >= 4 is 23.3 Å². The molecule has 10 nitrogen and oxygen atoms in total. The summed E-state index contributed by atoms with van der Waals surface area (Å²) in [6.07, 6.45) is 1.40. The molecule has 0 atom stereocenters. The second-order valence-corrected chi connectivity index (χ2v) is 5.63. The molecule has 0 heterocycles. The van der Waals surface area contributed by atoms with Crippen molar-refractivity contribution in [3.63, 3.8) is 0 Å². The third-order valence-electron chi connectivity index (χ3n) is 3.40. The maximum Gasteiger partial charge on any atom is 0.336 e. The average Bonchev–Trinajstić information content (AvgIpc) is 2.62. The van der Waals surface area contributed by atoms with Crippen LogP contribution in [-0.2, 0) is 9.59 Å². The zero-order valence-electron chi connectivity index (χ0n) is 14.8. The van der Waals surface area contributed by atoms with Crippen molar-refractivity contribution in [2.75, 3.05) is 0 Å². The molecule has 0 aliphatic heterocycles. The minimum Gasteiger partial charge on any atom is -0.416 e. The standard InChI is InChI=1S/C18H14N2O8/c1-11-3-5-15(13(9-11)19(23)24)27-17(21)7-8-18(22)28-16-6-4-12(2)10-14(16)20(25)26/h3-10H,1-2H3/b8-7+. The normalized spacial score (nSPS) is 10.5. The van der Waals surface area contributed by atoms with E-state index >= 15 is 0 Å². The molecule has 144 valence electrons. The summed E-state index contributed by atoms with van der Waals surface area (Å²) in [7, 11) is 0. The molecule has 0 bridgehead atoms. The second kappa shape index (κ2) is 8.54. The molecule has 2 aromatic carbocycles. The van der Waals surface area contributed by atoms with Gasteiger partial charge in [-0.05, 0) is 37.1 Å². The third-order valence-corrected chi connectivity index (χ3v) is 3.40. The highest BCUT2D eigenvalue weighted by atomic mass is 16.6. The zero-order valence-corrected chi connectivity index (χ0v) is 14.8. The number of ether oxygens (including phenoxy) is 2. The van der Waals surface area contributed by atoms with Gasteiger partial charge < -0.3 is 9.47 Å². The molecule has 0 aromatic heterocycles. The largest absolute Gasteiger partial charge is 0.416 e. The fraction of sp³-hybridized carbons (Fsp3) is 0.111. The minimum absolute atomic E-state index is 0.284. The van der Waals surface area contributed by atoms with E-state index < -0.39 is 33.2 Å². The van der Waals surface area contributed by atoms with Gasteiger partial charge in [-0.3, -0.25) is 20.2 Å². The highest BCUT2D eigenvalue weighted by molar-refractivity contribution is 5.93. The molecule has 0 saturated heterocycles. The van der Waals surface area contributed by atoms with Crippen LogP contribution in [0.1, 0.15) is 11.1 Å². The lowest BCUT2D eigenvalue weighted by Gasteiger charge is -2.04. The monoisotopic (exact) mass is 386 g/mol. The molecule has 10 heteroatoms. The SMILES string of the molecule is Cc1ccc(OC(=O)/C=C/C(=O)Oc2ccc(C)cc2[N+](=O)[O-])c([N+](=O)[O-])c1. The number of hydrogen-bond donors (Lipinski definition) is 0. The summed E-state index contributed by atoms with van der Waals surface area (Å²) in [6.45, 7) is 3.28. The molecular formula is C18H14N2O8. The van der Waals surface area contributed by atoms with Gasteiger partial charge in [0.15, 0.2) is 0 Å². The summed E-state index contributed by atoms with van der Waals surface area (Å²) in [5.41, 5.74) is 0.398. The first kappa shape index (κ1) is 20.2. The van der Waals surface area contributed by atoms with E-state index in [4.69, 9.17) is 9.47 Å². The lowest BCUT2D eigenvalue weighted by Crippen LogP contribution is -2.10. The van der Waals surface area contributed by atoms with Gasteiger partial charge in [0.25, 0.3) is 0 Å². The number of rotatable bonds is 6. The van der Waals surface area contributed by atoms with Crippen LogP contribution in [0, 0.1) is 34.1 Å². The summed E-state index contributed by atoms with van der Waals surface area (Å²) >= 11 is 0. The molecule has 2 aromatic rings. The highest BCUT2D eigenvalue weighted by Gasteiger charge is 2.19. The summed E-state index contributed by atoms with van der Waals surface area (Å²) in [5, 5.41) is 22.0. The Morgan fingerprint density at radius 2 is 1.14 bits per heavy atom. The summed E-state index contributed by atoms with van der Waals surface area (Å²) in [5.74, 6) is -2.68. The topological polar surface area (TPSA) is 139 Å². The lowest BCUT2D eigenvalue weighted by atomic mass is 10.2. The van der Waals surface area contributed by atoms with Crippen molar-refractivity contribution in [3.05, 3.63) is 79.9 Å². The van der Waals surface area contributed by atoms with E-state index in [1.54, 1.807) is 13.8 Å². The first-order chi connectivity index (χ1) is 13.2. The fourth-order valence-corrected chi connectivity index (χ4v) is 2.13. The Bertz CT molecular complexity index is 918. The number of carbonyl (C=O) groups is 2. The van der Waals surface area contributed by atoms with E-state index in [0.717, 1.165) is 0 Å². The van der Waals surface area contributed by atoms with Crippen LogP contribution >= 0.6 is 0 Å². The molecule has 28 heavy (non-hydrogen) atoms. The van der Waals surface area contributed by atoms with Gasteiger partial charge in [0.1, 0.15) is 0 Å². The number of hydrogen-bond acceptors (Lipinski definition) is 8.